The molecule has 1 unspecified atom stereocenters. The van der Waals surface area contributed by atoms with Gasteiger partial charge in [-0.3, -0.25) is 14.7 Å². The number of ether oxygens (including phenoxy) is 1. The van der Waals surface area contributed by atoms with Gasteiger partial charge in [-0.05, 0) is 30.5 Å². The van der Waals surface area contributed by atoms with Gasteiger partial charge in [-0.2, -0.15) is 0 Å². The molecule has 1 aliphatic heterocycles. The minimum Gasteiger partial charge on any atom is -0.379 e. The lowest BCUT2D eigenvalue weighted by atomic mass is 10.1. The molecule has 3 rings (SSSR count). The van der Waals surface area contributed by atoms with Crippen molar-refractivity contribution >= 4 is 5.91 Å². The number of morpholine rings is 1. The van der Waals surface area contributed by atoms with Crippen LogP contribution in [0.1, 0.15) is 29.2 Å². The lowest BCUT2D eigenvalue weighted by Crippen LogP contribution is -2.43. The normalized spacial score (nSPS) is 16.2. The fourth-order valence-electron chi connectivity index (χ4n) is 3.23. The van der Waals surface area contributed by atoms with E-state index in [1.165, 1.54) is 11.1 Å². The van der Waals surface area contributed by atoms with E-state index in [1.54, 1.807) is 6.20 Å². The van der Waals surface area contributed by atoms with Gasteiger partial charge in [0.05, 0.1) is 19.3 Å². The van der Waals surface area contributed by atoms with Gasteiger partial charge in [0.15, 0.2) is 0 Å². The van der Waals surface area contributed by atoms with Crippen LogP contribution in [-0.2, 0) is 16.0 Å². The summed E-state index contributed by atoms with van der Waals surface area (Å²) in [6.07, 6.45) is 4.94. The Labute approximate surface area is 155 Å². The van der Waals surface area contributed by atoms with E-state index in [-0.39, 0.29) is 11.9 Å². The molecule has 138 valence electrons. The number of rotatable bonds is 7. The Morgan fingerprint density at radius 3 is 2.69 bits per heavy atom. The van der Waals surface area contributed by atoms with Crippen LogP contribution < -0.4 is 5.32 Å². The summed E-state index contributed by atoms with van der Waals surface area (Å²) in [5.74, 6) is 0.0905. The van der Waals surface area contributed by atoms with Gasteiger partial charge < -0.3 is 10.1 Å². The van der Waals surface area contributed by atoms with Gasteiger partial charge in [-0.15, -0.1) is 0 Å². The summed E-state index contributed by atoms with van der Waals surface area (Å²) in [5, 5.41) is 3.11. The van der Waals surface area contributed by atoms with E-state index in [2.05, 4.69) is 52.5 Å². The smallest absolute Gasteiger partial charge is 0.220 e. The van der Waals surface area contributed by atoms with Crippen molar-refractivity contribution in [2.45, 2.75) is 25.8 Å². The van der Waals surface area contributed by atoms with Crippen LogP contribution in [-0.4, -0.2) is 48.6 Å². The predicted octanol–water partition coefficient (Wildman–Crippen LogP) is 2.51. The lowest BCUT2D eigenvalue weighted by Gasteiger charge is -2.34. The molecule has 0 bridgehead atoms. The number of aryl methyl sites for hydroxylation is 2. The number of aromatic nitrogens is 1. The maximum atomic E-state index is 12.3. The standard InChI is InChI=1S/C21H27N3O2/c1-17-4-6-18(7-5-17)8-9-21(25)23-16-20(19-3-2-10-22-15-19)24-11-13-26-14-12-24/h2-7,10,15,20H,8-9,11-14,16H2,1H3,(H,23,25). The molecule has 1 amide bonds. The first-order valence-corrected chi connectivity index (χ1v) is 9.26. The van der Waals surface area contributed by atoms with E-state index < -0.39 is 0 Å². The van der Waals surface area contributed by atoms with Crippen molar-refractivity contribution in [2.24, 2.45) is 0 Å². The summed E-state index contributed by atoms with van der Waals surface area (Å²) in [6.45, 7) is 5.88. The third-order valence-electron chi connectivity index (χ3n) is 4.81. The summed E-state index contributed by atoms with van der Waals surface area (Å²) in [4.78, 5) is 18.9. The highest BCUT2D eigenvalue weighted by atomic mass is 16.5. The molecule has 1 N–H and O–H groups in total. The van der Waals surface area contributed by atoms with Crippen molar-refractivity contribution < 1.29 is 9.53 Å². The van der Waals surface area contributed by atoms with Crippen LogP contribution in [0.15, 0.2) is 48.8 Å². The molecule has 1 atom stereocenters. The quantitative estimate of drug-likeness (QED) is 0.831. The van der Waals surface area contributed by atoms with Gasteiger partial charge in [0.25, 0.3) is 0 Å². The van der Waals surface area contributed by atoms with Gasteiger partial charge in [-0.1, -0.05) is 35.9 Å². The number of benzene rings is 1. The van der Waals surface area contributed by atoms with Gasteiger partial charge in [0.2, 0.25) is 5.91 Å². The molecule has 0 aliphatic carbocycles. The van der Waals surface area contributed by atoms with Crippen LogP contribution in [0.5, 0.6) is 0 Å². The monoisotopic (exact) mass is 353 g/mol. The summed E-state index contributed by atoms with van der Waals surface area (Å²) in [5.41, 5.74) is 3.57. The molecule has 5 heteroatoms. The SMILES string of the molecule is Cc1ccc(CCC(=O)NCC(c2cccnc2)N2CCOCC2)cc1. The van der Waals surface area contributed by atoms with Crippen LogP contribution in [0.3, 0.4) is 0 Å². The van der Waals surface area contributed by atoms with Crippen LogP contribution in [0.25, 0.3) is 0 Å². The zero-order chi connectivity index (χ0) is 18.2. The zero-order valence-electron chi connectivity index (χ0n) is 15.4. The highest BCUT2D eigenvalue weighted by Gasteiger charge is 2.23. The third kappa shape index (κ3) is 5.38. The largest absolute Gasteiger partial charge is 0.379 e. The highest BCUT2D eigenvalue weighted by Crippen LogP contribution is 2.20. The summed E-state index contributed by atoms with van der Waals surface area (Å²) in [7, 11) is 0. The predicted molar refractivity (Wildman–Crippen MR) is 102 cm³/mol. The van der Waals surface area contributed by atoms with Crippen molar-refractivity contribution in [3.63, 3.8) is 0 Å². The van der Waals surface area contributed by atoms with E-state index >= 15 is 0 Å². The third-order valence-corrected chi connectivity index (χ3v) is 4.81. The molecule has 5 nitrogen and oxygen atoms in total. The number of hydrogen-bond acceptors (Lipinski definition) is 4. The summed E-state index contributed by atoms with van der Waals surface area (Å²) >= 11 is 0. The van der Waals surface area contributed by atoms with E-state index in [0.29, 0.717) is 13.0 Å². The van der Waals surface area contributed by atoms with Crippen molar-refractivity contribution in [3.05, 3.63) is 65.5 Å². The van der Waals surface area contributed by atoms with Crippen LogP contribution in [0, 0.1) is 6.92 Å². The van der Waals surface area contributed by atoms with Crippen LogP contribution >= 0.6 is 0 Å². The van der Waals surface area contributed by atoms with E-state index in [9.17, 15) is 4.79 Å². The number of nitrogens with one attached hydrogen (secondary N) is 1. The van der Waals surface area contributed by atoms with Crippen molar-refractivity contribution in [1.29, 1.82) is 0 Å². The van der Waals surface area contributed by atoms with Crippen LogP contribution in [0.4, 0.5) is 0 Å². The Balaban J connectivity index is 1.54. The van der Waals surface area contributed by atoms with Crippen molar-refractivity contribution in [3.8, 4) is 0 Å². The fraction of sp³-hybridized carbons (Fsp3) is 0.429. The maximum Gasteiger partial charge on any atom is 0.220 e. The Morgan fingerprint density at radius 1 is 1.23 bits per heavy atom. The summed E-state index contributed by atoms with van der Waals surface area (Å²) < 4.78 is 5.46. The Hall–Kier alpha value is -2.24. The molecule has 26 heavy (non-hydrogen) atoms. The second-order valence-electron chi connectivity index (χ2n) is 6.74. The molecule has 0 saturated carbocycles. The second-order valence-corrected chi connectivity index (χ2v) is 6.74. The molecular formula is C21H27N3O2. The molecule has 1 aromatic carbocycles. The first-order chi connectivity index (χ1) is 12.7. The van der Waals surface area contributed by atoms with Crippen molar-refractivity contribution in [1.82, 2.24) is 15.2 Å². The fourth-order valence-corrected chi connectivity index (χ4v) is 3.23. The highest BCUT2D eigenvalue weighted by molar-refractivity contribution is 5.76. The van der Waals surface area contributed by atoms with Gasteiger partial charge in [-0.25, -0.2) is 0 Å². The number of amides is 1. The molecular weight excluding hydrogens is 326 g/mol. The molecule has 1 aromatic heterocycles. The minimum absolute atomic E-state index is 0.0905. The first-order valence-electron chi connectivity index (χ1n) is 9.26. The average molecular weight is 353 g/mol. The van der Waals surface area contributed by atoms with E-state index in [0.717, 1.165) is 38.3 Å². The van der Waals surface area contributed by atoms with Crippen molar-refractivity contribution in [2.75, 3.05) is 32.8 Å². The maximum absolute atomic E-state index is 12.3. The van der Waals surface area contributed by atoms with E-state index in [1.807, 2.05) is 12.3 Å². The Morgan fingerprint density at radius 2 is 2.00 bits per heavy atom. The van der Waals surface area contributed by atoms with Gasteiger partial charge in [0, 0.05) is 38.4 Å². The van der Waals surface area contributed by atoms with E-state index in [4.69, 9.17) is 4.74 Å². The number of nitrogens with zero attached hydrogens (tertiary/aromatic N) is 2. The minimum atomic E-state index is 0.0905. The topological polar surface area (TPSA) is 54.5 Å². The Bertz CT molecular complexity index is 682. The first kappa shape index (κ1) is 18.5. The molecule has 2 heterocycles. The van der Waals surface area contributed by atoms with Gasteiger partial charge >= 0.3 is 0 Å². The number of pyridine rings is 1. The molecule has 1 saturated heterocycles. The Kier molecular flexibility index (Phi) is 6.75. The molecule has 1 fully saturated rings. The second kappa shape index (κ2) is 9.46. The molecule has 2 aromatic rings. The number of hydrogen-bond donors (Lipinski definition) is 1. The number of carbonyl (C=O) groups excluding carboxylic acids is 1. The molecule has 0 radical (unpaired) electrons. The zero-order valence-corrected chi connectivity index (χ0v) is 15.4. The lowest BCUT2D eigenvalue weighted by molar-refractivity contribution is -0.121. The average Bonchev–Trinajstić information content (AvgIpc) is 2.69. The number of carbonyl (C=O) groups is 1. The molecule has 0 spiro atoms. The molecule has 1 aliphatic rings. The van der Waals surface area contributed by atoms with Crippen LogP contribution in [0.2, 0.25) is 0 Å². The summed E-state index contributed by atoms with van der Waals surface area (Å²) in [6, 6.07) is 12.5. The van der Waals surface area contributed by atoms with Gasteiger partial charge in [0.1, 0.15) is 0 Å².